The number of benzene rings is 1. The molecule has 1 aliphatic rings. The summed E-state index contributed by atoms with van der Waals surface area (Å²) in [4.78, 5) is 16.1. The van der Waals surface area contributed by atoms with E-state index in [0.29, 0.717) is 34.2 Å². The van der Waals surface area contributed by atoms with Crippen LogP contribution >= 0.6 is 11.6 Å². The summed E-state index contributed by atoms with van der Waals surface area (Å²) in [5.74, 6) is 0.797. The minimum Gasteiger partial charge on any atom is -0.387 e. The van der Waals surface area contributed by atoms with Gasteiger partial charge in [0.05, 0.1) is 11.8 Å². The van der Waals surface area contributed by atoms with Crippen LogP contribution < -0.4 is 16.7 Å². The fourth-order valence-electron chi connectivity index (χ4n) is 4.04. The number of rotatable bonds is 6. The van der Waals surface area contributed by atoms with Gasteiger partial charge in [0.25, 0.3) is 0 Å². The molecule has 1 fully saturated rings. The summed E-state index contributed by atoms with van der Waals surface area (Å²) in [5, 5.41) is 14.5. The van der Waals surface area contributed by atoms with E-state index in [1.165, 1.54) is 17.4 Å². The lowest BCUT2D eigenvalue weighted by Crippen LogP contribution is -2.39. The third-order valence-corrected chi connectivity index (χ3v) is 5.44. The van der Waals surface area contributed by atoms with Gasteiger partial charge in [-0.25, -0.2) is 4.79 Å². The van der Waals surface area contributed by atoms with Gasteiger partial charge in [-0.2, -0.15) is 4.98 Å². The number of anilines is 1. The summed E-state index contributed by atoms with van der Waals surface area (Å²) in [6.45, 7) is 7.66. The largest absolute Gasteiger partial charge is 0.387 e. The number of nitrogens with zero attached hydrogens (tertiary/aromatic N) is 2. The molecule has 0 saturated heterocycles. The molecule has 1 aromatic heterocycles. The van der Waals surface area contributed by atoms with E-state index >= 15 is 0 Å². The third kappa shape index (κ3) is 4.51. The monoisotopic (exact) mass is 390 g/mol. The lowest BCUT2D eigenvalue weighted by molar-refractivity contribution is 0.0906. The van der Waals surface area contributed by atoms with Gasteiger partial charge < -0.3 is 16.2 Å². The number of nitrogens with one attached hydrogen (secondary N) is 1. The first kappa shape index (κ1) is 19.9. The molecular formula is C20H27ClN4O2. The zero-order valence-electron chi connectivity index (χ0n) is 16.0. The molecule has 1 aliphatic carbocycles. The average Bonchev–Trinajstić information content (AvgIpc) is 2.52. The van der Waals surface area contributed by atoms with Gasteiger partial charge in [0, 0.05) is 23.3 Å². The van der Waals surface area contributed by atoms with Crippen LogP contribution in [0.2, 0.25) is 5.02 Å². The molecule has 1 saturated carbocycles. The van der Waals surface area contributed by atoms with Crippen molar-refractivity contribution in [3.05, 3.63) is 51.0 Å². The summed E-state index contributed by atoms with van der Waals surface area (Å²) < 4.78 is 1.36. The van der Waals surface area contributed by atoms with Crippen molar-refractivity contribution in [1.82, 2.24) is 14.9 Å². The van der Waals surface area contributed by atoms with Gasteiger partial charge in [0.15, 0.2) is 0 Å². The van der Waals surface area contributed by atoms with Crippen molar-refractivity contribution in [2.24, 2.45) is 11.3 Å². The highest BCUT2D eigenvalue weighted by Gasteiger charge is 2.35. The lowest BCUT2D eigenvalue weighted by Gasteiger charge is -2.43. The Bertz CT molecular complexity index is 886. The Balaban J connectivity index is 1.80. The zero-order chi connectivity index (χ0) is 19.8. The number of hydrogen-bond donors (Lipinski definition) is 3. The third-order valence-electron chi connectivity index (χ3n) is 5.12. The Labute approximate surface area is 164 Å². The maximum absolute atomic E-state index is 12.3. The SMILES string of the molecule is Cc1cc(Cl)c(C(O)CNCC2CC(C)(C)C2)c(-n2ccc(N)nc2=O)c1. The van der Waals surface area contributed by atoms with Crippen molar-refractivity contribution in [2.75, 3.05) is 18.8 Å². The van der Waals surface area contributed by atoms with Gasteiger partial charge in [0.2, 0.25) is 0 Å². The molecule has 0 aliphatic heterocycles. The van der Waals surface area contributed by atoms with Crippen LogP contribution in [-0.4, -0.2) is 27.7 Å². The number of aliphatic hydroxyl groups is 1. The molecule has 146 valence electrons. The van der Waals surface area contributed by atoms with Crippen molar-refractivity contribution in [3.63, 3.8) is 0 Å². The molecule has 0 radical (unpaired) electrons. The number of aromatic nitrogens is 2. The molecule has 4 N–H and O–H groups in total. The second kappa shape index (κ2) is 7.62. The zero-order valence-corrected chi connectivity index (χ0v) is 16.8. The first-order valence-corrected chi connectivity index (χ1v) is 9.58. The number of aryl methyl sites for hydroxylation is 1. The number of nitrogens with two attached hydrogens (primary N) is 1. The maximum Gasteiger partial charge on any atom is 0.354 e. The number of aliphatic hydroxyl groups excluding tert-OH is 1. The second-order valence-corrected chi connectivity index (χ2v) is 8.70. The van der Waals surface area contributed by atoms with Gasteiger partial charge >= 0.3 is 5.69 Å². The van der Waals surface area contributed by atoms with E-state index in [0.717, 1.165) is 12.1 Å². The van der Waals surface area contributed by atoms with Crippen LogP contribution in [0, 0.1) is 18.3 Å². The topological polar surface area (TPSA) is 93.2 Å². The van der Waals surface area contributed by atoms with Gasteiger partial charge in [-0.05, 0) is 61.4 Å². The maximum atomic E-state index is 12.3. The first-order valence-electron chi connectivity index (χ1n) is 9.21. The predicted molar refractivity (Wildman–Crippen MR) is 108 cm³/mol. The Hall–Kier alpha value is -1.89. The molecule has 3 rings (SSSR count). The van der Waals surface area contributed by atoms with E-state index in [-0.39, 0.29) is 5.82 Å². The Morgan fingerprint density at radius 2 is 2.15 bits per heavy atom. The quantitative estimate of drug-likeness (QED) is 0.705. The average molecular weight is 391 g/mol. The molecule has 1 atom stereocenters. The summed E-state index contributed by atoms with van der Waals surface area (Å²) in [7, 11) is 0. The predicted octanol–water partition coefficient (Wildman–Crippen LogP) is 2.84. The van der Waals surface area contributed by atoms with E-state index in [9.17, 15) is 9.90 Å². The summed E-state index contributed by atoms with van der Waals surface area (Å²) in [6.07, 6.45) is 3.10. The fourth-order valence-corrected chi connectivity index (χ4v) is 4.43. The normalized spacial score (nSPS) is 17.5. The van der Waals surface area contributed by atoms with Crippen molar-refractivity contribution in [2.45, 2.75) is 39.7 Å². The molecular weight excluding hydrogens is 364 g/mol. The molecule has 1 heterocycles. The van der Waals surface area contributed by atoms with Crippen LogP contribution in [-0.2, 0) is 0 Å². The van der Waals surface area contributed by atoms with Crippen LogP contribution in [0.5, 0.6) is 0 Å². The molecule has 7 heteroatoms. The standard InChI is InChI=1S/C20H27ClN4O2/c1-12-6-14(21)18(15(7-12)25-5-4-17(22)24-19(25)27)16(26)11-23-10-13-8-20(2,3)9-13/h4-7,13,16,23,26H,8-11H2,1-3H3,(H2,22,24,27). The van der Waals surface area contributed by atoms with Gasteiger partial charge in [-0.15, -0.1) is 0 Å². The van der Waals surface area contributed by atoms with E-state index in [1.807, 2.05) is 13.0 Å². The Morgan fingerprint density at radius 1 is 1.44 bits per heavy atom. The molecule has 0 spiro atoms. The first-order chi connectivity index (χ1) is 12.7. The molecule has 0 bridgehead atoms. The van der Waals surface area contributed by atoms with E-state index < -0.39 is 11.8 Å². The van der Waals surface area contributed by atoms with E-state index in [2.05, 4.69) is 24.1 Å². The van der Waals surface area contributed by atoms with E-state index in [1.54, 1.807) is 18.3 Å². The minimum atomic E-state index is -0.842. The van der Waals surface area contributed by atoms with Crippen molar-refractivity contribution in [1.29, 1.82) is 0 Å². The molecule has 27 heavy (non-hydrogen) atoms. The number of nitrogen functional groups attached to an aromatic ring is 1. The molecule has 1 aromatic carbocycles. The Kier molecular flexibility index (Phi) is 5.60. The smallest absolute Gasteiger partial charge is 0.354 e. The van der Waals surface area contributed by atoms with Gasteiger partial charge in [0.1, 0.15) is 5.82 Å². The van der Waals surface area contributed by atoms with Crippen molar-refractivity contribution in [3.8, 4) is 5.69 Å². The summed E-state index contributed by atoms with van der Waals surface area (Å²) in [5.41, 5.74) is 7.44. The van der Waals surface area contributed by atoms with Crippen LogP contribution in [0.1, 0.15) is 43.9 Å². The lowest BCUT2D eigenvalue weighted by atomic mass is 9.64. The fraction of sp³-hybridized carbons (Fsp3) is 0.500. The van der Waals surface area contributed by atoms with Crippen LogP contribution in [0.15, 0.2) is 29.2 Å². The van der Waals surface area contributed by atoms with Gasteiger partial charge in [-0.3, -0.25) is 4.57 Å². The van der Waals surface area contributed by atoms with Crippen molar-refractivity contribution < 1.29 is 5.11 Å². The highest BCUT2D eigenvalue weighted by molar-refractivity contribution is 6.31. The highest BCUT2D eigenvalue weighted by atomic mass is 35.5. The van der Waals surface area contributed by atoms with Crippen LogP contribution in [0.4, 0.5) is 5.82 Å². The second-order valence-electron chi connectivity index (χ2n) is 8.30. The highest BCUT2D eigenvalue weighted by Crippen LogP contribution is 2.44. The number of hydrogen-bond acceptors (Lipinski definition) is 5. The number of halogens is 1. The van der Waals surface area contributed by atoms with Crippen LogP contribution in [0.3, 0.4) is 0 Å². The molecule has 1 unspecified atom stereocenters. The van der Waals surface area contributed by atoms with Crippen molar-refractivity contribution >= 4 is 17.4 Å². The summed E-state index contributed by atoms with van der Waals surface area (Å²) in [6, 6.07) is 5.15. The molecule has 2 aromatic rings. The van der Waals surface area contributed by atoms with Gasteiger partial charge in [-0.1, -0.05) is 25.4 Å². The molecule has 6 nitrogen and oxygen atoms in total. The van der Waals surface area contributed by atoms with Crippen LogP contribution in [0.25, 0.3) is 5.69 Å². The minimum absolute atomic E-state index is 0.155. The molecule has 0 amide bonds. The van der Waals surface area contributed by atoms with E-state index in [4.69, 9.17) is 17.3 Å². The Morgan fingerprint density at radius 3 is 2.78 bits per heavy atom. The summed E-state index contributed by atoms with van der Waals surface area (Å²) >= 11 is 6.43.